The maximum absolute atomic E-state index is 5.95. The summed E-state index contributed by atoms with van der Waals surface area (Å²) in [5, 5.41) is 6.91. The lowest BCUT2D eigenvalue weighted by Gasteiger charge is -2.04. The average molecular weight is 271 g/mol. The molecule has 0 aliphatic rings. The lowest BCUT2D eigenvalue weighted by atomic mass is 10.4. The van der Waals surface area contributed by atoms with Gasteiger partial charge in [-0.3, -0.25) is 0 Å². The van der Waals surface area contributed by atoms with Gasteiger partial charge in [-0.2, -0.15) is 0 Å². The fourth-order valence-corrected chi connectivity index (χ4v) is 2.36. The quantitative estimate of drug-likeness (QED) is 0.929. The molecule has 0 unspecified atom stereocenters. The third kappa shape index (κ3) is 2.86. The van der Waals surface area contributed by atoms with Crippen LogP contribution in [0.2, 0.25) is 5.15 Å². The minimum absolute atomic E-state index is 0.461. The van der Waals surface area contributed by atoms with Crippen molar-refractivity contribution in [3.05, 3.63) is 22.4 Å². The lowest BCUT2D eigenvalue weighted by Crippen LogP contribution is -2.21. The fourth-order valence-electron chi connectivity index (χ4n) is 1.39. The van der Waals surface area contributed by atoms with Crippen LogP contribution in [-0.4, -0.2) is 20.6 Å². The van der Waals surface area contributed by atoms with E-state index in [1.807, 2.05) is 17.0 Å². The Morgan fingerprint density at radius 1 is 1.53 bits per heavy atom. The van der Waals surface area contributed by atoms with E-state index in [0.29, 0.717) is 11.2 Å². The van der Waals surface area contributed by atoms with Gasteiger partial charge in [0.05, 0.1) is 11.9 Å². The number of rotatable bonds is 4. The lowest BCUT2D eigenvalue weighted by molar-refractivity contribution is 0.583. The van der Waals surface area contributed by atoms with E-state index < -0.39 is 0 Å². The minimum Gasteiger partial charge on any atom is -0.316 e. The first-order valence-electron chi connectivity index (χ1n) is 5.43. The van der Waals surface area contributed by atoms with Gasteiger partial charge >= 0.3 is 0 Å². The fraction of sp³-hybridized carbons (Fsp3) is 0.455. The number of hydrogen-bond donors (Lipinski definition) is 1. The van der Waals surface area contributed by atoms with Gasteiger partial charge in [-0.05, 0) is 0 Å². The molecular weight excluding hydrogens is 256 g/mol. The average Bonchev–Trinajstić information content (AvgIpc) is 2.85. The molecule has 4 nitrogen and oxygen atoms in total. The molecule has 0 aromatic carbocycles. The first-order valence-corrected chi connectivity index (χ1v) is 6.69. The van der Waals surface area contributed by atoms with Gasteiger partial charge in [0, 0.05) is 25.0 Å². The number of hydrogen-bond acceptors (Lipinski definition) is 4. The van der Waals surface area contributed by atoms with Gasteiger partial charge in [-0.15, -0.1) is 11.3 Å². The zero-order valence-electron chi connectivity index (χ0n) is 10.1. The highest BCUT2D eigenvalue weighted by atomic mass is 35.5. The summed E-state index contributed by atoms with van der Waals surface area (Å²) >= 11 is 7.54. The van der Waals surface area contributed by atoms with E-state index in [-0.39, 0.29) is 0 Å². The van der Waals surface area contributed by atoms with Crippen molar-refractivity contribution >= 4 is 22.9 Å². The predicted octanol–water partition coefficient (Wildman–Crippen LogP) is 2.70. The second-order valence-electron chi connectivity index (χ2n) is 4.14. The molecule has 0 saturated carbocycles. The maximum Gasteiger partial charge on any atom is 0.170 e. The van der Waals surface area contributed by atoms with E-state index in [2.05, 4.69) is 29.1 Å². The van der Waals surface area contributed by atoms with Crippen molar-refractivity contribution in [2.75, 3.05) is 0 Å². The SMILES string of the molecule is CC(C)NCc1csc(-c2ncc(Cl)n2C)n1. The maximum atomic E-state index is 5.95. The molecule has 0 amide bonds. The van der Waals surface area contributed by atoms with Crippen LogP contribution in [0.15, 0.2) is 11.6 Å². The number of nitrogens with one attached hydrogen (secondary N) is 1. The zero-order valence-corrected chi connectivity index (χ0v) is 11.6. The normalized spacial score (nSPS) is 11.4. The molecule has 0 fully saturated rings. The summed E-state index contributed by atoms with van der Waals surface area (Å²) in [6, 6.07) is 0.461. The van der Waals surface area contributed by atoms with Crippen LogP contribution in [0.25, 0.3) is 10.8 Å². The minimum atomic E-state index is 0.461. The Kier molecular flexibility index (Phi) is 3.81. The van der Waals surface area contributed by atoms with E-state index in [4.69, 9.17) is 11.6 Å². The van der Waals surface area contributed by atoms with Crippen molar-refractivity contribution in [2.24, 2.45) is 7.05 Å². The summed E-state index contributed by atoms with van der Waals surface area (Å²) in [5.74, 6) is 0.816. The monoisotopic (exact) mass is 270 g/mol. The van der Waals surface area contributed by atoms with Crippen molar-refractivity contribution in [1.82, 2.24) is 19.9 Å². The highest BCUT2D eigenvalue weighted by Crippen LogP contribution is 2.24. The van der Waals surface area contributed by atoms with Gasteiger partial charge < -0.3 is 9.88 Å². The molecule has 0 radical (unpaired) electrons. The summed E-state index contributed by atoms with van der Waals surface area (Å²) in [6.07, 6.45) is 1.64. The molecule has 17 heavy (non-hydrogen) atoms. The van der Waals surface area contributed by atoms with Crippen LogP contribution >= 0.6 is 22.9 Å². The Morgan fingerprint density at radius 3 is 2.88 bits per heavy atom. The number of imidazole rings is 1. The third-order valence-corrected chi connectivity index (χ3v) is 3.60. The van der Waals surface area contributed by atoms with E-state index in [1.54, 1.807) is 17.5 Å². The first kappa shape index (κ1) is 12.5. The van der Waals surface area contributed by atoms with E-state index in [0.717, 1.165) is 23.1 Å². The van der Waals surface area contributed by atoms with Crippen molar-refractivity contribution in [3.8, 4) is 10.8 Å². The summed E-state index contributed by atoms with van der Waals surface area (Å²) < 4.78 is 1.83. The summed E-state index contributed by atoms with van der Waals surface area (Å²) in [4.78, 5) is 8.79. The van der Waals surface area contributed by atoms with Crippen LogP contribution in [0.5, 0.6) is 0 Å². The van der Waals surface area contributed by atoms with Crippen LogP contribution in [0.1, 0.15) is 19.5 Å². The molecule has 2 aromatic heterocycles. The Hall–Kier alpha value is -0.910. The van der Waals surface area contributed by atoms with Crippen LogP contribution in [0.4, 0.5) is 0 Å². The molecule has 0 bridgehead atoms. The molecular formula is C11H15ClN4S. The second kappa shape index (κ2) is 5.16. The number of nitrogens with zero attached hydrogens (tertiary/aromatic N) is 3. The Morgan fingerprint density at radius 2 is 2.29 bits per heavy atom. The molecule has 0 aliphatic carbocycles. The molecule has 92 valence electrons. The smallest absolute Gasteiger partial charge is 0.170 e. The Labute approximate surface area is 110 Å². The Balaban J connectivity index is 2.15. The van der Waals surface area contributed by atoms with E-state index in [9.17, 15) is 0 Å². The predicted molar refractivity (Wildman–Crippen MR) is 71.3 cm³/mol. The molecule has 0 aliphatic heterocycles. The van der Waals surface area contributed by atoms with Gasteiger partial charge in [0.2, 0.25) is 0 Å². The van der Waals surface area contributed by atoms with Gasteiger partial charge in [-0.25, -0.2) is 9.97 Å². The van der Waals surface area contributed by atoms with Gasteiger partial charge in [0.1, 0.15) is 5.15 Å². The summed E-state index contributed by atoms with van der Waals surface area (Å²) in [7, 11) is 1.89. The van der Waals surface area contributed by atoms with Crippen LogP contribution in [0, 0.1) is 0 Å². The van der Waals surface area contributed by atoms with E-state index >= 15 is 0 Å². The topological polar surface area (TPSA) is 42.7 Å². The molecule has 0 spiro atoms. The molecule has 2 heterocycles. The molecule has 2 rings (SSSR count). The van der Waals surface area contributed by atoms with E-state index in [1.165, 1.54) is 0 Å². The first-order chi connectivity index (χ1) is 8.08. The summed E-state index contributed by atoms with van der Waals surface area (Å²) in [5.41, 5.74) is 1.04. The van der Waals surface area contributed by atoms with Gasteiger partial charge in [-0.1, -0.05) is 25.4 Å². The second-order valence-corrected chi connectivity index (χ2v) is 5.39. The van der Waals surface area contributed by atoms with Crippen molar-refractivity contribution in [3.63, 3.8) is 0 Å². The Bertz CT molecular complexity index is 503. The molecule has 0 saturated heterocycles. The largest absolute Gasteiger partial charge is 0.316 e. The van der Waals surface area contributed by atoms with Gasteiger partial charge in [0.25, 0.3) is 0 Å². The molecule has 6 heteroatoms. The van der Waals surface area contributed by atoms with Crippen LogP contribution in [0.3, 0.4) is 0 Å². The zero-order chi connectivity index (χ0) is 12.4. The third-order valence-electron chi connectivity index (χ3n) is 2.37. The van der Waals surface area contributed by atoms with Crippen LogP contribution in [-0.2, 0) is 13.6 Å². The molecule has 1 N–H and O–H groups in total. The highest BCUT2D eigenvalue weighted by Gasteiger charge is 2.11. The van der Waals surface area contributed by atoms with Crippen molar-refractivity contribution in [1.29, 1.82) is 0 Å². The highest BCUT2D eigenvalue weighted by molar-refractivity contribution is 7.13. The standard InChI is InChI=1S/C11H15ClN4S/c1-7(2)13-4-8-6-17-11(15-8)10-14-5-9(12)16(10)3/h5-7,13H,4H2,1-3H3. The number of halogens is 1. The molecule has 0 atom stereocenters. The van der Waals surface area contributed by atoms with Gasteiger partial charge in [0.15, 0.2) is 10.8 Å². The van der Waals surface area contributed by atoms with Crippen molar-refractivity contribution < 1.29 is 0 Å². The summed E-state index contributed by atoms with van der Waals surface area (Å²) in [6.45, 7) is 5.02. The van der Waals surface area contributed by atoms with Crippen molar-refractivity contribution in [2.45, 2.75) is 26.4 Å². The van der Waals surface area contributed by atoms with Crippen LogP contribution < -0.4 is 5.32 Å². The molecule has 2 aromatic rings. The number of aromatic nitrogens is 3. The number of thiazole rings is 1.